The van der Waals surface area contributed by atoms with Gasteiger partial charge in [-0.3, -0.25) is 0 Å². The van der Waals surface area contributed by atoms with Crippen LogP contribution in [0.15, 0.2) is 18.2 Å². The van der Waals surface area contributed by atoms with Gasteiger partial charge in [-0.2, -0.15) is 0 Å². The standard InChI is InChI=1S/C10H9NO4/c1-5-10(14)15-8-6(9(12)13)3-2-4-7(8)11-5/h2-5,11H,1H3,(H,12,13). The Balaban J connectivity index is 2.52. The lowest BCUT2D eigenvalue weighted by atomic mass is 10.1. The molecule has 2 N–H and O–H groups in total. The topological polar surface area (TPSA) is 75.6 Å². The van der Waals surface area contributed by atoms with Crippen molar-refractivity contribution in [2.24, 2.45) is 0 Å². The maximum absolute atomic E-state index is 11.3. The van der Waals surface area contributed by atoms with Crippen molar-refractivity contribution in [3.05, 3.63) is 23.8 Å². The van der Waals surface area contributed by atoms with E-state index in [0.29, 0.717) is 5.69 Å². The molecular weight excluding hydrogens is 198 g/mol. The fraction of sp³-hybridized carbons (Fsp3) is 0.200. The van der Waals surface area contributed by atoms with Crippen LogP contribution in [0.25, 0.3) is 0 Å². The average molecular weight is 207 g/mol. The van der Waals surface area contributed by atoms with E-state index >= 15 is 0 Å². The molecule has 5 nitrogen and oxygen atoms in total. The largest absolute Gasteiger partial charge is 0.478 e. The summed E-state index contributed by atoms with van der Waals surface area (Å²) in [4.78, 5) is 22.1. The molecule has 0 aromatic heterocycles. The highest BCUT2D eigenvalue weighted by molar-refractivity contribution is 5.97. The van der Waals surface area contributed by atoms with Crippen molar-refractivity contribution in [1.82, 2.24) is 0 Å². The van der Waals surface area contributed by atoms with E-state index in [2.05, 4.69) is 5.32 Å². The maximum atomic E-state index is 11.3. The number of carbonyl (C=O) groups excluding carboxylic acids is 1. The Morgan fingerprint density at radius 3 is 2.93 bits per heavy atom. The van der Waals surface area contributed by atoms with Gasteiger partial charge in [0.1, 0.15) is 11.6 Å². The number of anilines is 1. The molecule has 0 saturated carbocycles. The number of hydrogen-bond donors (Lipinski definition) is 2. The quantitative estimate of drug-likeness (QED) is 0.532. The molecule has 1 aliphatic rings. The number of carbonyl (C=O) groups is 2. The maximum Gasteiger partial charge on any atom is 0.339 e. The highest BCUT2D eigenvalue weighted by atomic mass is 16.5. The van der Waals surface area contributed by atoms with Gasteiger partial charge in [-0.15, -0.1) is 0 Å². The van der Waals surface area contributed by atoms with Gasteiger partial charge in [0.15, 0.2) is 5.75 Å². The van der Waals surface area contributed by atoms with Crippen molar-refractivity contribution in [2.75, 3.05) is 5.32 Å². The van der Waals surface area contributed by atoms with E-state index in [9.17, 15) is 9.59 Å². The number of para-hydroxylation sites is 1. The van der Waals surface area contributed by atoms with Gasteiger partial charge < -0.3 is 15.2 Å². The molecule has 1 atom stereocenters. The molecule has 1 aliphatic heterocycles. The van der Waals surface area contributed by atoms with E-state index in [1.807, 2.05) is 0 Å². The predicted molar refractivity (Wildman–Crippen MR) is 52.1 cm³/mol. The summed E-state index contributed by atoms with van der Waals surface area (Å²) >= 11 is 0. The molecule has 5 heteroatoms. The molecule has 0 bridgehead atoms. The molecule has 1 heterocycles. The summed E-state index contributed by atoms with van der Waals surface area (Å²) in [7, 11) is 0. The van der Waals surface area contributed by atoms with Gasteiger partial charge >= 0.3 is 11.9 Å². The second-order valence-corrected chi connectivity index (χ2v) is 3.27. The zero-order valence-corrected chi connectivity index (χ0v) is 7.98. The Labute approximate surface area is 85.7 Å². The van der Waals surface area contributed by atoms with Gasteiger partial charge in [0, 0.05) is 0 Å². The Morgan fingerprint density at radius 2 is 2.27 bits per heavy atom. The normalized spacial score (nSPS) is 18.7. The predicted octanol–water partition coefficient (Wildman–Crippen LogP) is 1.10. The van der Waals surface area contributed by atoms with Crippen molar-refractivity contribution in [1.29, 1.82) is 0 Å². The van der Waals surface area contributed by atoms with E-state index < -0.39 is 18.0 Å². The van der Waals surface area contributed by atoms with Crippen LogP contribution in [0.4, 0.5) is 5.69 Å². The summed E-state index contributed by atoms with van der Waals surface area (Å²) in [6.45, 7) is 1.65. The molecule has 0 radical (unpaired) electrons. The number of benzene rings is 1. The zero-order chi connectivity index (χ0) is 11.0. The minimum Gasteiger partial charge on any atom is -0.478 e. The van der Waals surface area contributed by atoms with Crippen molar-refractivity contribution in [2.45, 2.75) is 13.0 Å². The Morgan fingerprint density at radius 1 is 1.53 bits per heavy atom. The van der Waals surface area contributed by atoms with E-state index in [4.69, 9.17) is 9.84 Å². The second-order valence-electron chi connectivity index (χ2n) is 3.27. The second kappa shape index (κ2) is 3.27. The lowest BCUT2D eigenvalue weighted by molar-refractivity contribution is -0.135. The molecule has 0 spiro atoms. The number of esters is 1. The molecule has 1 aromatic carbocycles. The summed E-state index contributed by atoms with van der Waals surface area (Å²) < 4.78 is 4.95. The number of aromatic carboxylic acids is 1. The van der Waals surface area contributed by atoms with Crippen molar-refractivity contribution in [3.8, 4) is 5.75 Å². The smallest absolute Gasteiger partial charge is 0.339 e. The summed E-state index contributed by atoms with van der Waals surface area (Å²) in [5.41, 5.74) is 0.516. The minimum absolute atomic E-state index is 0.0137. The number of nitrogens with one attached hydrogen (secondary N) is 1. The first kappa shape index (κ1) is 9.51. The van der Waals surface area contributed by atoms with Crippen molar-refractivity contribution >= 4 is 17.6 Å². The monoisotopic (exact) mass is 207 g/mol. The number of fused-ring (bicyclic) bond motifs is 1. The van der Waals surface area contributed by atoms with E-state index in [1.54, 1.807) is 19.1 Å². The van der Waals surface area contributed by atoms with Crippen LogP contribution in [0, 0.1) is 0 Å². The molecule has 1 aromatic rings. The fourth-order valence-electron chi connectivity index (χ4n) is 1.41. The van der Waals surface area contributed by atoms with Crippen LogP contribution in [0.1, 0.15) is 17.3 Å². The number of hydrogen-bond acceptors (Lipinski definition) is 4. The van der Waals surface area contributed by atoms with Crippen molar-refractivity contribution < 1.29 is 19.4 Å². The van der Waals surface area contributed by atoms with Crippen LogP contribution >= 0.6 is 0 Å². The first-order valence-electron chi connectivity index (χ1n) is 4.44. The molecule has 2 rings (SSSR count). The highest BCUT2D eigenvalue weighted by Gasteiger charge is 2.27. The van der Waals surface area contributed by atoms with Gasteiger partial charge in [0.25, 0.3) is 0 Å². The molecule has 0 aliphatic carbocycles. The lowest BCUT2D eigenvalue weighted by Gasteiger charge is -2.23. The van der Waals surface area contributed by atoms with E-state index in [1.165, 1.54) is 6.07 Å². The Kier molecular flexibility index (Phi) is 2.07. The van der Waals surface area contributed by atoms with Crippen LogP contribution in [0.5, 0.6) is 5.75 Å². The van der Waals surface area contributed by atoms with Gasteiger partial charge in [0.2, 0.25) is 0 Å². The number of rotatable bonds is 1. The minimum atomic E-state index is -1.11. The van der Waals surface area contributed by atoms with Gasteiger partial charge in [-0.1, -0.05) is 6.07 Å². The number of carboxylic acids is 1. The molecule has 78 valence electrons. The van der Waals surface area contributed by atoms with Crippen LogP contribution < -0.4 is 10.1 Å². The molecule has 1 unspecified atom stereocenters. The summed E-state index contributed by atoms with van der Waals surface area (Å²) in [5, 5.41) is 11.7. The summed E-state index contributed by atoms with van der Waals surface area (Å²) in [6.07, 6.45) is 0. The number of ether oxygens (including phenoxy) is 1. The first-order valence-corrected chi connectivity index (χ1v) is 4.44. The third-order valence-electron chi connectivity index (χ3n) is 2.17. The fourth-order valence-corrected chi connectivity index (χ4v) is 1.41. The summed E-state index contributed by atoms with van der Waals surface area (Å²) in [5.74, 6) is -1.50. The molecule has 0 fully saturated rings. The SMILES string of the molecule is CC1Nc2cccc(C(=O)O)c2OC1=O. The van der Waals surface area contributed by atoms with Crippen LogP contribution in [0.3, 0.4) is 0 Å². The number of carboxylic acid groups (broad SMARTS) is 1. The molecule has 0 saturated heterocycles. The third kappa shape index (κ3) is 1.52. The van der Waals surface area contributed by atoms with Crippen LogP contribution in [-0.4, -0.2) is 23.1 Å². The lowest BCUT2D eigenvalue weighted by Crippen LogP contribution is -2.35. The van der Waals surface area contributed by atoms with Crippen LogP contribution in [-0.2, 0) is 4.79 Å². The Bertz CT molecular complexity index is 441. The van der Waals surface area contributed by atoms with Gasteiger partial charge in [0.05, 0.1) is 5.69 Å². The molecule has 15 heavy (non-hydrogen) atoms. The summed E-state index contributed by atoms with van der Waals surface area (Å²) in [6, 6.07) is 4.21. The zero-order valence-electron chi connectivity index (χ0n) is 7.98. The highest BCUT2D eigenvalue weighted by Crippen LogP contribution is 2.32. The van der Waals surface area contributed by atoms with Crippen LogP contribution in [0.2, 0.25) is 0 Å². The van der Waals surface area contributed by atoms with Gasteiger partial charge in [-0.25, -0.2) is 9.59 Å². The Hall–Kier alpha value is -2.04. The van der Waals surface area contributed by atoms with E-state index in [-0.39, 0.29) is 11.3 Å². The third-order valence-corrected chi connectivity index (χ3v) is 2.17. The molecular formula is C10H9NO4. The first-order chi connectivity index (χ1) is 7.09. The van der Waals surface area contributed by atoms with Gasteiger partial charge in [-0.05, 0) is 19.1 Å². The van der Waals surface area contributed by atoms with E-state index in [0.717, 1.165) is 0 Å². The molecule has 0 amide bonds. The van der Waals surface area contributed by atoms with Crippen molar-refractivity contribution in [3.63, 3.8) is 0 Å². The average Bonchev–Trinajstić information content (AvgIpc) is 2.18.